The summed E-state index contributed by atoms with van der Waals surface area (Å²) in [5.41, 5.74) is 1.89. The number of aromatic amines is 1. The van der Waals surface area contributed by atoms with Crippen molar-refractivity contribution in [2.24, 2.45) is 0 Å². The van der Waals surface area contributed by atoms with Gasteiger partial charge in [-0.15, -0.1) is 0 Å². The third-order valence-corrected chi connectivity index (χ3v) is 4.53. The van der Waals surface area contributed by atoms with Gasteiger partial charge < -0.3 is 14.5 Å². The van der Waals surface area contributed by atoms with Crippen LogP contribution in [-0.4, -0.2) is 35.9 Å². The lowest BCUT2D eigenvalue weighted by molar-refractivity contribution is 0.0468. The van der Waals surface area contributed by atoms with Gasteiger partial charge in [0.2, 0.25) is 0 Å². The van der Waals surface area contributed by atoms with Crippen LogP contribution >= 0.6 is 0 Å². The fourth-order valence-corrected chi connectivity index (χ4v) is 3.11. The number of hydrogen-bond donors (Lipinski definition) is 1. The van der Waals surface area contributed by atoms with Gasteiger partial charge in [0.15, 0.2) is 12.4 Å². The number of esters is 2. The highest BCUT2D eigenvalue weighted by Crippen LogP contribution is 2.20. The van der Waals surface area contributed by atoms with E-state index in [1.165, 1.54) is 0 Å². The number of carbonyl (C=O) groups is 3. The van der Waals surface area contributed by atoms with E-state index in [2.05, 4.69) is 4.98 Å². The summed E-state index contributed by atoms with van der Waals surface area (Å²) in [4.78, 5) is 39.7. The molecule has 0 aliphatic heterocycles. The molecule has 0 radical (unpaired) electrons. The highest BCUT2D eigenvalue weighted by molar-refractivity contribution is 6.03. The first-order valence-electron chi connectivity index (χ1n) is 8.97. The van der Waals surface area contributed by atoms with Crippen molar-refractivity contribution in [2.75, 3.05) is 13.2 Å². The fourth-order valence-electron chi connectivity index (χ4n) is 3.11. The van der Waals surface area contributed by atoms with Crippen molar-refractivity contribution in [2.45, 2.75) is 20.8 Å². The Morgan fingerprint density at radius 1 is 0.929 bits per heavy atom. The Morgan fingerprint density at radius 2 is 1.64 bits per heavy atom. The first-order valence-corrected chi connectivity index (χ1v) is 8.97. The summed E-state index contributed by atoms with van der Waals surface area (Å²) in [6, 6.07) is 13.0. The molecule has 1 aromatic heterocycles. The predicted molar refractivity (Wildman–Crippen MR) is 105 cm³/mol. The molecule has 3 aromatic rings. The molecule has 0 amide bonds. The Kier molecular flexibility index (Phi) is 5.59. The van der Waals surface area contributed by atoms with E-state index >= 15 is 0 Å². The Balaban J connectivity index is 1.72. The molecule has 3 rings (SSSR count). The molecule has 0 saturated heterocycles. The summed E-state index contributed by atoms with van der Waals surface area (Å²) < 4.78 is 10.2. The van der Waals surface area contributed by atoms with Crippen LogP contribution in [0.2, 0.25) is 0 Å². The molecule has 0 fully saturated rings. The SMILES string of the molecule is CCOC(=O)c1c(C)[nH]c(C(=O)OCC(=O)c2ccc3ccccc3c2)c1C. The Hall–Kier alpha value is -3.41. The van der Waals surface area contributed by atoms with Crippen molar-refractivity contribution in [3.8, 4) is 0 Å². The minimum absolute atomic E-state index is 0.145. The highest BCUT2D eigenvalue weighted by atomic mass is 16.5. The zero-order valence-corrected chi connectivity index (χ0v) is 16.0. The summed E-state index contributed by atoms with van der Waals surface area (Å²) in [5.74, 6) is -1.49. The third-order valence-electron chi connectivity index (χ3n) is 4.53. The molecule has 1 heterocycles. The van der Waals surface area contributed by atoms with Crippen molar-refractivity contribution in [3.05, 3.63) is 70.5 Å². The topological polar surface area (TPSA) is 85.5 Å². The van der Waals surface area contributed by atoms with Gasteiger partial charge in [-0.1, -0.05) is 36.4 Å². The van der Waals surface area contributed by atoms with Crippen LogP contribution in [0.5, 0.6) is 0 Å². The molecule has 2 aromatic carbocycles. The molecule has 0 saturated carbocycles. The second-order valence-electron chi connectivity index (χ2n) is 6.41. The standard InChI is InChI=1S/C22H21NO5/c1-4-27-21(25)19-13(2)20(23-14(19)3)22(26)28-12-18(24)17-10-9-15-7-5-6-8-16(15)11-17/h5-11,23H,4,12H2,1-3H3. The van der Waals surface area contributed by atoms with Crippen molar-refractivity contribution in [3.63, 3.8) is 0 Å². The van der Waals surface area contributed by atoms with E-state index in [1.54, 1.807) is 32.9 Å². The van der Waals surface area contributed by atoms with E-state index in [1.807, 2.05) is 30.3 Å². The first kappa shape index (κ1) is 19.4. The largest absolute Gasteiger partial charge is 0.462 e. The number of H-pyrrole nitrogens is 1. The van der Waals surface area contributed by atoms with Crippen LogP contribution in [0.1, 0.15) is 49.4 Å². The fraction of sp³-hybridized carbons (Fsp3) is 0.227. The Labute approximate surface area is 162 Å². The molecule has 0 spiro atoms. The monoisotopic (exact) mass is 379 g/mol. The molecule has 0 aliphatic carbocycles. The lowest BCUT2D eigenvalue weighted by atomic mass is 10.0. The molecule has 0 bridgehead atoms. The molecule has 0 unspecified atom stereocenters. The minimum atomic E-state index is -0.690. The van der Waals surface area contributed by atoms with E-state index in [0.29, 0.717) is 22.4 Å². The van der Waals surface area contributed by atoms with Crippen LogP contribution in [0.3, 0.4) is 0 Å². The third kappa shape index (κ3) is 3.81. The van der Waals surface area contributed by atoms with E-state index in [9.17, 15) is 14.4 Å². The number of benzene rings is 2. The second-order valence-corrected chi connectivity index (χ2v) is 6.41. The maximum absolute atomic E-state index is 12.4. The van der Waals surface area contributed by atoms with Crippen LogP contribution in [0.4, 0.5) is 0 Å². The van der Waals surface area contributed by atoms with Gasteiger partial charge in [0, 0.05) is 11.3 Å². The van der Waals surface area contributed by atoms with Gasteiger partial charge in [-0.25, -0.2) is 9.59 Å². The lowest BCUT2D eigenvalue weighted by Crippen LogP contribution is -2.15. The van der Waals surface area contributed by atoms with E-state index < -0.39 is 11.9 Å². The van der Waals surface area contributed by atoms with Crippen molar-refractivity contribution in [1.82, 2.24) is 4.98 Å². The normalized spacial score (nSPS) is 10.7. The predicted octanol–water partition coefficient (Wildman–Crippen LogP) is 4.00. The number of ether oxygens (including phenoxy) is 2. The molecule has 0 aliphatic rings. The van der Waals surface area contributed by atoms with E-state index in [-0.39, 0.29) is 24.7 Å². The van der Waals surface area contributed by atoms with Crippen LogP contribution in [0.25, 0.3) is 10.8 Å². The van der Waals surface area contributed by atoms with Gasteiger partial charge in [0.25, 0.3) is 0 Å². The summed E-state index contributed by atoms with van der Waals surface area (Å²) in [6.07, 6.45) is 0. The van der Waals surface area contributed by atoms with Gasteiger partial charge in [-0.2, -0.15) is 0 Å². The first-order chi connectivity index (χ1) is 13.4. The lowest BCUT2D eigenvalue weighted by Gasteiger charge is -2.06. The summed E-state index contributed by atoms with van der Waals surface area (Å²) in [7, 11) is 0. The van der Waals surface area contributed by atoms with E-state index in [0.717, 1.165) is 10.8 Å². The summed E-state index contributed by atoms with van der Waals surface area (Å²) in [5, 5.41) is 1.97. The minimum Gasteiger partial charge on any atom is -0.462 e. The number of aryl methyl sites for hydroxylation is 1. The van der Waals surface area contributed by atoms with Crippen LogP contribution in [0, 0.1) is 13.8 Å². The van der Waals surface area contributed by atoms with Gasteiger partial charge in [-0.3, -0.25) is 4.79 Å². The van der Waals surface area contributed by atoms with Gasteiger partial charge in [0.05, 0.1) is 12.2 Å². The Bertz CT molecular complexity index is 1060. The average Bonchev–Trinajstić information content (AvgIpc) is 2.99. The molecular weight excluding hydrogens is 358 g/mol. The quantitative estimate of drug-likeness (QED) is 0.517. The maximum Gasteiger partial charge on any atom is 0.355 e. The van der Waals surface area contributed by atoms with Crippen LogP contribution in [0.15, 0.2) is 42.5 Å². The molecule has 28 heavy (non-hydrogen) atoms. The molecule has 6 heteroatoms. The Morgan fingerprint density at radius 3 is 2.36 bits per heavy atom. The van der Waals surface area contributed by atoms with Gasteiger partial charge in [-0.05, 0) is 43.2 Å². The molecular formula is C22H21NO5. The van der Waals surface area contributed by atoms with E-state index in [4.69, 9.17) is 9.47 Å². The van der Waals surface area contributed by atoms with Crippen LogP contribution in [-0.2, 0) is 9.47 Å². The zero-order valence-electron chi connectivity index (χ0n) is 16.0. The highest BCUT2D eigenvalue weighted by Gasteiger charge is 2.24. The van der Waals surface area contributed by atoms with Crippen molar-refractivity contribution >= 4 is 28.5 Å². The molecule has 0 atom stereocenters. The smallest absolute Gasteiger partial charge is 0.355 e. The van der Waals surface area contributed by atoms with Gasteiger partial charge >= 0.3 is 11.9 Å². The van der Waals surface area contributed by atoms with Crippen molar-refractivity contribution < 1.29 is 23.9 Å². The molecule has 6 nitrogen and oxygen atoms in total. The molecule has 144 valence electrons. The van der Waals surface area contributed by atoms with Gasteiger partial charge in [0.1, 0.15) is 5.69 Å². The number of carbonyl (C=O) groups excluding carboxylic acids is 3. The number of fused-ring (bicyclic) bond motifs is 1. The van der Waals surface area contributed by atoms with Crippen LogP contribution < -0.4 is 0 Å². The maximum atomic E-state index is 12.4. The zero-order chi connectivity index (χ0) is 20.3. The number of aromatic nitrogens is 1. The number of ketones is 1. The number of rotatable bonds is 6. The van der Waals surface area contributed by atoms with Crippen molar-refractivity contribution in [1.29, 1.82) is 0 Å². The number of nitrogens with one attached hydrogen (secondary N) is 1. The number of hydrogen-bond acceptors (Lipinski definition) is 5. The molecule has 1 N–H and O–H groups in total. The number of Topliss-reactive ketones (excluding diaryl/α,β-unsaturated/α-hetero) is 1. The average molecular weight is 379 g/mol. The second kappa shape index (κ2) is 8.08. The summed E-state index contributed by atoms with van der Waals surface area (Å²) >= 11 is 0. The summed E-state index contributed by atoms with van der Waals surface area (Å²) in [6.45, 7) is 4.88.